The first-order valence-electron chi connectivity index (χ1n) is 5.12. The molecule has 0 aliphatic heterocycles. The lowest BCUT2D eigenvalue weighted by Crippen LogP contribution is -2.05. The Morgan fingerprint density at radius 2 is 2.12 bits per heavy atom. The molecule has 1 aromatic heterocycles. The van der Waals surface area contributed by atoms with Gasteiger partial charge in [0.05, 0.1) is 12.7 Å². The van der Waals surface area contributed by atoms with E-state index in [0.717, 1.165) is 10.8 Å². The summed E-state index contributed by atoms with van der Waals surface area (Å²) < 4.78 is 5.60. The molecule has 1 aromatic carbocycles. The first-order valence-corrected chi connectivity index (χ1v) is 5.12. The summed E-state index contributed by atoms with van der Waals surface area (Å²) in [5.74, 6) is 0.630. The van der Waals surface area contributed by atoms with Gasteiger partial charge in [0.25, 0.3) is 0 Å². The van der Waals surface area contributed by atoms with Crippen LogP contribution < -0.4 is 4.74 Å². The van der Waals surface area contributed by atoms with Crippen LogP contribution in [-0.4, -0.2) is 11.1 Å². The van der Waals surface area contributed by atoms with Crippen LogP contribution in [-0.2, 0) is 0 Å². The van der Waals surface area contributed by atoms with E-state index in [-0.39, 0.29) is 6.10 Å². The third kappa shape index (κ3) is 1.96. The van der Waals surface area contributed by atoms with E-state index < -0.39 is 0 Å². The number of pyridine rings is 1. The first kappa shape index (κ1) is 10.4. The smallest absolute Gasteiger partial charge is 0.228 e. The molecule has 1 heterocycles. The molecule has 16 heavy (non-hydrogen) atoms. The number of nitrogens with zero attached hydrogens (tertiary/aromatic N) is 2. The number of fused-ring (bicyclic) bond motifs is 1. The van der Waals surface area contributed by atoms with Gasteiger partial charge in [-0.1, -0.05) is 0 Å². The normalized spacial score (nSPS) is 10.4. The molecule has 0 aliphatic carbocycles. The summed E-state index contributed by atoms with van der Waals surface area (Å²) in [6.07, 6.45) is 3.56. The molecule has 0 atom stereocenters. The van der Waals surface area contributed by atoms with Gasteiger partial charge in [-0.15, -0.1) is 0 Å². The van der Waals surface area contributed by atoms with Gasteiger partial charge in [0.2, 0.25) is 5.69 Å². The van der Waals surface area contributed by atoms with Gasteiger partial charge in [-0.05, 0) is 37.4 Å². The molecule has 0 bridgehead atoms. The quantitative estimate of drug-likeness (QED) is 0.711. The molecule has 0 saturated carbocycles. The topological polar surface area (TPSA) is 26.5 Å². The lowest BCUT2D eigenvalue weighted by molar-refractivity contribution is 0.244. The molecule has 0 radical (unpaired) electrons. The summed E-state index contributed by atoms with van der Waals surface area (Å²) in [7, 11) is 0. The number of aromatic nitrogens is 1. The van der Waals surface area contributed by atoms with Crippen molar-refractivity contribution >= 4 is 16.5 Å². The number of hydrogen-bond acceptors (Lipinski definition) is 2. The Kier molecular flexibility index (Phi) is 2.74. The average molecular weight is 212 g/mol. The highest BCUT2D eigenvalue weighted by molar-refractivity contribution is 5.88. The third-order valence-electron chi connectivity index (χ3n) is 2.20. The van der Waals surface area contributed by atoms with E-state index in [1.807, 2.05) is 32.0 Å². The van der Waals surface area contributed by atoms with E-state index in [1.54, 1.807) is 12.4 Å². The lowest BCUT2D eigenvalue weighted by atomic mass is 10.1. The summed E-state index contributed by atoms with van der Waals surface area (Å²) in [5, 5.41) is 2.00. The summed E-state index contributed by atoms with van der Waals surface area (Å²) in [6, 6.07) is 5.60. The molecule has 2 rings (SSSR count). The molecule has 3 heteroatoms. The van der Waals surface area contributed by atoms with Crippen molar-refractivity contribution in [3.05, 3.63) is 42.0 Å². The van der Waals surface area contributed by atoms with Gasteiger partial charge < -0.3 is 4.74 Å². The van der Waals surface area contributed by atoms with E-state index in [4.69, 9.17) is 11.3 Å². The molecule has 0 N–H and O–H groups in total. The Hall–Kier alpha value is -2.08. The van der Waals surface area contributed by atoms with Crippen LogP contribution >= 0.6 is 0 Å². The Morgan fingerprint density at radius 1 is 1.31 bits per heavy atom. The largest absolute Gasteiger partial charge is 0.502 e. The fraction of sp³-hybridized carbons (Fsp3) is 0.231. The number of benzene rings is 1. The molecule has 0 unspecified atom stereocenters. The third-order valence-corrected chi connectivity index (χ3v) is 2.20. The van der Waals surface area contributed by atoms with Crippen molar-refractivity contribution in [3.63, 3.8) is 0 Å². The minimum absolute atomic E-state index is 0.0645. The molecule has 3 nitrogen and oxygen atoms in total. The molecule has 0 fully saturated rings. The van der Waals surface area contributed by atoms with Gasteiger partial charge in [0.15, 0.2) is 0 Å². The van der Waals surface area contributed by atoms with Crippen molar-refractivity contribution in [2.75, 3.05) is 0 Å². The second-order valence-corrected chi connectivity index (χ2v) is 3.82. The summed E-state index contributed by atoms with van der Waals surface area (Å²) in [4.78, 5) is 7.53. The molecule has 0 spiro atoms. The predicted molar refractivity (Wildman–Crippen MR) is 63.8 cm³/mol. The van der Waals surface area contributed by atoms with Crippen molar-refractivity contribution in [1.82, 2.24) is 4.98 Å². The van der Waals surface area contributed by atoms with Crippen molar-refractivity contribution in [3.8, 4) is 5.75 Å². The van der Waals surface area contributed by atoms with E-state index in [2.05, 4.69) is 9.83 Å². The molecular weight excluding hydrogens is 200 g/mol. The zero-order chi connectivity index (χ0) is 11.5. The Bertz CT molecular complexity index is 555. The average Bonchev–Trinajstić information content (AvgIpc) is 2.27. The van der Waals surface area contributed by atoms with Crippen LogP contribution in [0.1, 0.15) is 13.8 Å². The van der Waals surface area contributed by atoms with Gasteiger partial charge in [0.1, 0.15) is 5.75 Å². The van der Waals surface area contributed by atoms with Crippen molar-refractivity contribution in [2.45, 2.75) is 20.0 Å². The van der Waals surface area contributed by atoms with Crippen molar-refractivity contribution < 1.29 is 4.74 Å². The van der Waals surface area contributed by atoms with Crippen LogP contribution in [0.15, 0.2) is 30.6 Å². The number of ether oxygens (including phenoxy) is 1. The van der Waals surface area contributed by atoms with E-state index in [0.29, 0.717) is 11.4 Å². The molecule has 0 saturated heterocycles. The van der Waals surface area contributed by atoms with Crippen LogP contribution in [0.4, 0.5) is 5.69 Å². The Labute approximate surface area is 94.5 Å². The maximum absolute atomic E-state index is 7.13. The fourth-order valence-electron chi connectivity index (χ4n) is 1.54. The van der Waals surface area contributed by atoms with Crippen molar-refractivity contribution in [2.24, 2.45) is 0 Å². The summed E-state index contributed by atoms with van der Waals surface area (Å²) >= 11 is 0. The van der Waals surface area contributed by atoms with Gasteiger partial charge >= 0.3 is 0 Å². The molecule has 80 valence electrons. The van der Waals surface area contributed by atoms with E-state index in [9.17, 15) is 0 Å². The molecule has 2 aromatic rings. The number of hydrogen-bond donors (Lipinski definition) is 0. The van der Waals surface area contributed by atoms with Crippen LogP contribution in [0.2, 0.25) is 0 Å². The Morgan fingerprint density at radius 3 is 2.81 bits per heavy atom. The van der Waals surface area contributed by atoms with Gasteiger partial charge in [0, 0.05) is 17.8 Å². The van der Waals surface area contributed by atoms with Crippen LogP contribution in [0.5, 0.6) is 5.75 Å². The summed E-state index contributed by atoms with van der Waals surface area (Å²) in [6.45, 7) is 11.0. The van der Waals surface area contributed by atoms with Gasteiger partial charge in [-0.25, -0.2) is 4.85 Å². The van der Waals surface area contributed by atoms with Crippen LogP contribution in [0.25, 0.3) is 15.6 Å². The minimum atomic E-state index is 0.0645. The van der Waals surface area contributed by atoms with Gasteiger partial charge in [-0.2, -0.15) is 0 Å². The first-order chi connectivity index (χ1) is 7.70. The van der Waals surface area contributed by atoms with E-state index >= 15 is 0 Å². The SMILES string of the molecule is [C-]#[N+]c1cc2ccncc2cc1OC(C)C. The molecule has 0 amide bonds. The highest BCUT2D eigenvalue weighted by Crippen LogP contribution is 2.33. The number of rotatable bonds is 2. The van der Waals surface area contributed by atoms with Crippen molar-refractivity contribution in [1.29, 1.82) is 0 Å². The highest BCUT2D eigenvalue weighted by atomic mass is 16.5. The fourth-order valence-corrected chi connectivity index (χ4v) is 1.54. The predicted octanol–water partition coefficient (Wildman–Crippen LogP) is 3.57. The monoisotopic (exact) mass is 212 g/mol. The lowest BCUT2D eigenvalue weighted by Gasteiger charge is -2.12. The standard InChI is InChI=1S/C13H12N2O/c1-9(2)16-13-7-11-8-15-5-4-10(11)6-12(13)14-3/h4-9H,1-2H3. The van der Waals surface area contributed by atoms with E-state index in [1.165, 1.54) is 0 Å². The van der Waals surface area contributed by atoms with Gasteiger partial charge in [-0.3, -0.25) is 4.98 Å². The zero-order valence-electron chi connectivity index (χ0n) is 9.27. The zero-order valence-corrected chi connectivity index (χ0v) is 9.27. The Balaban J connectivity index is 2.59. The molecule has 0 aliphatic rings. The van der Waals surface area contributed by atoms with Crippen LogP contribution in [0.3, 0.4) is 0 Å². The maximum Gasteiger partial charge on any atom is 0.228 e. The second-order valence-electron chi connectivity index (χ2n) is 3.82. The molecular formula is C13H12N2O. The van der Waals surface area contributed by atoms with Crippen LogP contribution in [0, 0.1) is 6.57 Å². The minimum Gasteiger partial charge on any atom is -0.502 e. The second kappa shape index (κ2) is 4.19. The summed E-state index contributed by atoms with van der Waals surface area (Å²) in [5.41, 5.74) is 0.549. The highest BCUT2D eigenvalue weighted by Gasteiger charge is 2.07. The maximum atomic E-state index is 7.13.